The van der Waals surface area contributed by atoms with Crippen molar-refractivity contribution in [2.75, 3.05) is 6.54 Å². The van der Waals surface area contributed by atoms with E-state index in [1.165, 1.54) is 11.3 Å². The molecule has 0 fully saturated rings. The molecule has 0 saturated carbocycles. The smallest absolute Gasteiger partial charge is 0.350 e. The lowest BCUT2D eigenvalue weighted by Crippen LogP contribution is -2.50. The van der Waals surface area contributed by atoms with Gasteiger partial charge in [-0.15, -0.1) is 11.3 Å². The second-order valence-corrected chi connectivity index (χ2v) is 4.19. The van der Waals surface area contributed by atoms with E-state index in [4.69, 9.17) is 0 Å². The van der Waals surface area contributed by atoms with Gasteiger partial charge in [-0.3, -0.25) is 4.79 Å². The van der Waals surface area contributed by atoms with Crippen molar-refractivity contribution in [3.8, 4) is 0 Å². The van der Waals surface area contributed by atoms with Crippen LogP contribution >= 0.6 is 11.3 Å². The van der Waals surface area contributed by atoms with Gasteiger partial charge >= 0.3 is 12.1 Å². The Labute approximate surface area is 97.4 Å². The number of carbonyl (C=O) groups excluding carboxylic acids is 1. The van der Waals surface area contributed by atoms with E-state index in [9.17, 15) is 26.7 Å². The minimum Gasteiger partial charge on any atom is -0.350 e. The normalized spacial score (nSPS) is 12.5. The van der Waals surface area contributed by atoms with Crippen molar-refractivity contribution in [3.05, 3.63) is 22.4 Å². The van der Waals surface area contributed by atoms with Gasteiger partial charge in [0.25, 0.3) is 5.91 Å². The molecular formula is C9H8F5NOS. The van der Waals surface area contributed by atoms with E-state index >= 15 is 0 Å². The molecule has 1 aromatic heterocycles. The number of carbonyl (C=O) groups is 1. The minimum absolute atomic E-state index is 0.220. The lowest BCUT2D eigenvalue weighted by atomic mass is 10.3. The zero-order chi connectivity index (χ0) is 13.1. The van der Waals surface area contributed by atoms with Gasteiger partial charge in [0.1, 0.15) is 0 Å². The standard InChI is InChI=1S/C9H8F5NOS/c10-8(11,9(12,13)14)7(16)15-4-3-6-2-1-5-17-6/h1-2,5H,3-4H2,(H,15,16). The van der Waals surface area contributed by atoms with Gasteiger partial charge in [-0.2, -0.15) is 22.0 Å². The molecule has 0 radical (unpaired) electrons. The molecule has 8 heteroatoms. The van der Waals surface area contributed by atoms with Crippen LogP contribution in [0.3, 0.4) is 0 Å². The zero-order valence-electron chi connectivity index (χ0n) is 8.35. The molecule has 0 unspecified atom stereocenters. The number of thiophene rings is 1. The van der Waals surface area contributed by atoms with Crippen molar-refractivity contribution in [1.82, 2.24) is 5.32 Å². The number of alkyl halides is 5. The summed E-state index contributed by atoms with van der Waals surface area (Å²) >= 11 is 1.33. The van der Waals surface area contributed by atoms with Gasteiger partial charge in [0, 0.05) is 11.4 Å². The Hall–Kier alpha value is -1.18. The Bertz CT molecular complexity index is 373. The first-order chi connectivity index (χ1) is 7.75. The van der Waals surface area contributed by atoms with Crippen molar-refractivity contribution >= 4 is 17.2 Å². The van der Waals surface area contributed by atoms with Crippen LogP contribution in [0.2, 0.25) is 0 Å². The van der Waals surface area contributed by atoms with Crippen LogP contribution in [-0.4, -0.2) is 24.6 Å². The van der Waals surface area contributed by atoms with Crippen LogP contribution in [0.1, 0.15) is 4.88 Å². The van der Waals surface area contributed by atoms with Crippen LogP contribution in [0.4, 0.5) is 22.0 Å². The van der Waals surface area contributed by atoms with Crippen molar-refractivity contribution in [1.29, 1.82) is 0 Å². The maximum Gasteiger partial charge on any atom is 0.463 e. The summed E-state index contributed by atoms with van der Waals surface area (Å²) in [4.78, 5) is 11.5. The van der Waals surface area contributed by atoms with Crippen molar-refractivity contribution in [3.63, 3.8) is 0 Å². The van der Waals surface area contributed by atoms with E-state index in [-0.39, 0.29) is 13.0 Å². The second-order valence-electron chi connectivity index (χ2n) is 3.16. The van der Waals surface area contributed by atoms with E-state index in [2.05, 4.69) is 0 Å². The molecule has 0 aliphatic heterocycles. The summed E-state index contributed by atoms with van der Waals surface area (Å²) in [5.41, 5.74) is 0. The van der Waals surface area contributed by atoms with Gasteiger partial charge in [0.05, 0.1) is 0 Å². The Morgan fingerprint density at radius 1 is 1.29 bits per heavy atom. The third-order valence-electron chi connectivity index (χ3n) is 1.88. The molecule has 17 heavy (non-hydrogen) atoms. The Morgan fingerprint density at radius 2 is 1.94 bits per heavy atom. The monoisotopic (exact) mass is 273 g/mol. The van der Waals surface area contributed by atoms with Crippen LogP contribution in [0, 0.1) is 0 Å². The second kappa shape index (κ2) is 4.99. The van der Waals surface area contributed by atoms with Gasteiger partial charge in [0.15, 0.2) is 0 Å². The van der Waals surface area contributed by atoms with Crippen molar-refractivity contribution in [2.24, 2.45) is 0 Å². The summed E-state index contributed by atoms with van der Waals surface area (Å²) in [6, 6.07) is 3.41. The molecule has 2 nitrogen and oxygen atoms in total. The maximum absolute atomic E-state index is 12.5. The summed E-state index contributed by atoms with van der Waals surface area (Å²) < 4.78 is 60.2. The van der Waals surface area contributed by atoms with Gasteiger partial charge in [-0.25, -0.2) is 0 Å². The molecule has 1 amide bonds. The van der Waals surface area contributed by atoms with Gasteiger partial charge in [-0.1, -0.05) is 6.07 Å². The lowest BCUT2D eigenvalue weighted by Gasteiger charge is -2.18. The highest BCUT2D eigenvalue weighted by atomic mass is 32.1. The SMILES string of the molecule is O=C(NCCc1cccs1)C(F)(F)C(F)(F)F. The highest BCUT2D eigenvalue weighted by molar-refractivity contribution is 7.09. The number of rotatable bonds is 4. The minimum atomic E-state index is -5.86. The first kappa shape index (κ1) is 13.9. The molecule has 1 heterocycles. The first-order valence-electron chi connectivity index (χ1n) is 4.50. The van der Waals surface area contributed by atoms with Gasteiger partial charge < -0.3 is 5.32 Å². The van der Waals surface area contributed by atoms with Crippen LogP contribution in [0.5, 0.6) is 0 Å². The van der Waals surface area contributed by atoms with Crippen molar-refractivity contribution < 1.29 is 26.7 Å². The van der Waals surface area contributed by atoms with Gasteiger partial charge in [0.2, 0.25) is 0 Å². The molecule has 0 aromatic carbocycles. The van der Waals surface area contributed by atoms with E-state index < -0.39 is 18.0 Å². The zero-order valence-corrected chi connectivity index (χ0v) is 9.17. The number of amides is 1. The highest BCUT2D eigenvalue weighted by Gasteiger charge is 2.63. The quantitative estimate of drug-likeness (QED) is 0.839. The fraction of sp³-hybridized carbons (Fsp3) is 0.444. The molecule has 0 aliphatic carbocycles. The Balaban J connectivity index is 2.45. The number of hydrogen-bond acceptors (Lipinski definition) is 2. The fourth-order valence-electron chi connectivity index (χ4n) is 0.994. The predicted molar refractivity (Wildman–Crippen MR) is 52.0 cm³/mol. The molecule has 1 rings (SSSR count). The third kappa shape index (κ3) is 3.39. The number of halogens is 5. The van der Waals surface area contributed by atoms with E-state index in [0.717, 1.165) is 4.88 Å². The molecule has 0 aliphatic rings. The molecule has 1 aromatic rings. The van der Waals surface area contributed by atoms with Crippen LogP contribution in [0.25, 0.3) is 0 Å². The fourth-order valence-corrected chi connectivity index (χ4v) is 1.70. The van der Waals surface area contributed by atoms with Crippen LogP contribution < -0.4 is 5.32 Å². The van der Waals surface area contributed by atoms with Crippen LogP contribution in [-0.2, 0) is 11.2 Å². The first-order valence-corrected chi connectivity index (χ1v) is 5.38. The summed E-state index contributed by atoms with van der Waals surface area (Å²) in [6.07, 6.45) is -5.64. The summed E-state index contributed by atoms with van der Waals surface area (Å²) in [6.45, 7) is -0.259. The predicted octanol–water partition coefficient (Wildman–Crippen LogP) is 2.60. The third-order valence-corrected chi connectivity index (χ3v) is 2.81. The molecule has 1 N–H and O–H groups in total. The lowest BCUT2D eigenvalue weighted by molar-refractivity contribution is -0.269. The van der Waals surface area contributed by atoms with E-state index in [0.29, 0.717) is 0 Å². The van der Waals surface area contributed by atoms with Gasteiger partial charge in [-0.05, 0) is 17.9 Å². The Morgan fingerprint density at radius 3 is 2.41 bits per heavy atom. The molecule has 0 saturated heterocycles. The summed E-state index contributed by atoms with van der Waals surface area (Å²) in [5.74, 6) is -7.66. The number of hydrogen-bond donors (Lipinski definition) is 1. The maximum atomic E-state index is 12.5. The summed E-state index contributed by atoms with van der Waals surface area (Å²) in [7, 11) is 0. The van der Waals surface area contributed by atoms with Crippen LogP contribution in [0.15, 0.2) is 17.5 Å². The largest absolute Gasteiger partial charge is 0.463 e. The molecule has 0 atom stereocenters. The molecular weight excluding hydrogens is 265 g/mol. The topological polar surface area (TPSA) is 29.1 Å². The highest BCUT2D eigenvalue weighted by Crippen LogP contribution is 2.35. The molecule has 96 valence electrons. The molecule has 0 bridgehead atoms. The average Bonchev–Trinajstić information content (AvgIpc) is 2.68. The average molecular weight is 273 g/mol. The van der Waals surface area contributed by atoms with E-state index in [1.807, 2.05) is 0 Å². The van der Waals surface area contributed by atoms with Crippen molar-refractivity contribution in [2.45, 2.75) is 18.5 Å². The Kier molecular flexibility index (Phi) is 4.07. The summed E-state index contributed by atoms with van der Waals surface area (Å²) in [5, 5.41) is 3.30. The molecule has 0 spiro atoms. The number of nitrogens with one attached hydrogen (secondary N) is 1. The van der Waals surface area contributed by atoms with E-state index in [1.54, 1.807) is 22.8 Å².